The maximum atomic E-state index is 14.0. The molecule has 40 heavy (non-hydrogen) atoms. The molecular weight excluding hydrogens is 521 g/mol. The predicted molar refractivity (Wildman–Crippen MR) is 153 cm³/mol. The van der Waals surface area contributed by atoms with Gasteiger partial charge in [0.15, 0.2) is 0 Å². The molecule has 6 nitrogen and oxygen atoms in total. The van der Waals surface area contributed by atoms with Crippen LogP contribution in [-0.2, 0) is 20.4 Å². The van der Waals surface area contributed by atoms with Gasteiger partial charge in [-0.15, -0.1) is 0 Å². The van der Waals surface area contributed by atoms with Gasteiger partial charge in [-0.25, -0.2) is 0 Å². The number of ether oxygens (including phenoxy) is 3. The summed E-state index contributed by atoms with van der Waals surface area (Å²) < 4.78 is 57.8. The van der Waals surface area contributed by atoms with Crippen molar-refractivity contribution in [2.24, 2.45) is 4.99 Å². The lowest BCUT2D eigenvalue weighted by Crippen LogP contribution is -2.31. The molecule has 0 amide bonds. The normalized spacial score (nSPS) is 17.4. The van der Waals surface area contributed by atoms with E-state index < -0.39 is 17.3 Å². The first kappa shape index (κ1) is 33.4. The number of hydrogen-bond acceptors (Lipinski definition) is 6. The van der Waals surface area contributed by atoms with Gasteiger partial charge in [0.25, 0.3) is 0 Å². The van der Waals surface area contributed by atoms with Crippen molar-refractivity contribution in [2.45, 2.75) is 97.9 Å². The van der Waals surface area contributed by atoms with Crippen LogP contribution in [0.5, 0.6) is 5.75 Å². The van der Waals surface area contributed by atoms with Crippen LogP contribution in [0, 0.1) is 0 Å². The third-order valence-corrected chi connectivity index (χ3v) is 6.28. The van der Waals surface area contributed by atoms with Crippen molar-refractivity contribution < 1.29 is 32.2 Å². The van der Waals surface area contributed by atoms with E-state index >= 15 is 0 Å². The molecule has 1 aromatic rings. The highest BCUT2D eigenvalue weighted by Gasteiger charge is 2.35. The smallest absolute Gasteiger partial charge is 0.419 e. The minimum Gasteiger partial charge on any atom is -0.493 e. The van der Waals surface area contributed by atoms with Crippen LogP contribution in [0.3, 0.4) is 0 Å². The molecule has 1 aromatic carbocycles. The Labute approximate surface area is 237 Å². The average Bonchev–Trinajstić information content (AvgIpc) is 3.29. The van der Waals surface area contributed by atoms with Crippen molar-refractivity contribution >= 4 is 17.4 Å². The molecule has 1 aliphatic heterocycles. The predicted octanol–water partition coefficient (Wildman–Crippen LogP) is 7.82. The van der Waals surface area contributed by atoms with Gasteiger partial charge in [0, 0.05) is 31.5 Å². The second-order valence-corrected chi connectivity index (χ2v) is 11.1. The van der Waals surface area contributed by atoms with Crippen molar-refractivity contribution in [3.63, 3.8) is 0 Å². The highest BCUT2D eigenvalue weighted by atomic mass is 19.4. The summed E-state index contributed by atoms with van der Waals surface area (Å²) in [5.41, 5.74) is 1.23. The molecule has 1 heterocycles. The zero-order valence-corrected chi connectivity index (χ0v) is 25.0. The van der Waals surface area contributed by atoms with Gasteiger partial charge >= 0.3 is 12.1 Å². The lowest BCUT2D eigenvalue weighted by Gasteiger charge is -2.25. The van der Waals surface area contributed by atoms with E-state index in [0.717, 1.165) is 36.7 Å². The number of hydrogen-bond donors (Lipinski definition) is 0. The molecule has 0 bridgehead atoms. The third kappa shape index (κ3) is 11.0. The van der Waals surface area contributed by atoms with E-state index in [0.29, 0.717) is 37.1 Å². The monoisotopic (exact) mass is 566 g/mol. The minimum atomic E-state index is -4.56. The molecular formula is C31H45F3N2O4. The lowest BCUT2D eigenvalue weighted by molar-refractivity contribution is -0.153. The van der Waals surface area contributed by atoms with Crippen LogP contribution < -0.4 is 4.74 Å². The standard InChI is InChI=1S/C31H45F3N2O4/c1-8-12-26(24-14-15-28(25(20-24)31(32,33)34)39-18-10-9-17-38-7)35-23(3)27-13-11-16-36(27)21-22(2)19-29(37)40-30(4,5)6/h12,14-15,20-21,27H,8-11,13,16-19H2,1-7H3/b22-21?,26-12-,35-23?. The SMILES string of the molecule is CC/C=C(\N=C(C)C1CCCN1C=C(C)CC(=O)OC(C)(C)C)c1ccc(OCCCCOC)c(C(F)(F)F)c1. The number of likely N-dealkylation sites (tertiary alicyclic amines) is 1. The number of aliphatic imine (C=N–C) groups is 1. The Hall–Kier alpha value is -2.81. The fraction of sp³-hybridized carbons (Fsp3) is 0.613. The molecule has 0 aromatic heterocycles. The van der Waals surface area contributed by atoms with Gasteiger partial charge in [0.05, 0.1) is 30.3 Å². The van der Waals surface area contributed by atoms with Crippen LogP contribution in [-0.4, -0.2) is 55.1 Å². The molecule has 0 radical (unpaired) electrons. The van der Waals surface area contributed by atoms with Gasteiger partial charge in [-0.2, -0.15) is 13.2 Å². The number of benzene rings is 1. The van der Waals surface area contributed by atoms with E-state index in [2.05, 4.69) is 4.90 Å². The topological polar surface area (TPSA) is 60.4 Å². The maximum Gasteiger partial charge on any atom is 0.419 e. The number of rotatable bonds is 13. The van der Waals surface area contributed by atoms with Gasteiger partial charge in [-0.3, -0.25) is 9.79 Å². The summed E-state index contributed by atoms with van der Waals surface area (Å²) in [5, 5.41) is 0. The van der Waals surface area contributed by atoms with Crippen LogP contribution >= 0.6 is 0 Å². The zero-order chi connectivity index (χ0) is 29.9. The average molecular weight is 567 g/mol. The molecule has 224 valence electrons. The lowest BCUT2D eigenvalue weighted by atomic mass is 10.0. The Morgan fingerprint density at radius 3 is 2.48 bits per heavy atom. The van der Waals surface area contributed by atoms with Gasteiger partial charge in [-0.05, 0) is 96.7 Å². The fourth-order valence-electron chi connectivity index (χ4n) is 4.58. The summed E-state index contributed by atoms with van der Waals surface area (Å²) in [6.07, 6.45) is 3.20. The number of nitrogens with zero attached hydrogens (tertiary/aromatic N) is 2. The molecule has 0 saturated carbocycles. The van der Waals surface area contributed by atoms with Crippen molar-refractivity contribution in [2.75, 3.05) is 26.9 Å². The van der Waals surface area contributed by atoms with Crippen molar-refractivity contribution in [1.82, 2.24) is 4.90 Å². The fourth-order valence-corrected chi connectivity index (χ4v) is 4.58. The number of unbranched alkanes of at least 4 members (excludes halogenated alkanes) is 1. The molecule has 9 heteroatoms. The van der Waals surface area contributed by atoms with Gasteiger partial charge < -0.3 is 19.1 Å². The minimum absolute atomic E-state index is 0.00867. The first-order valence-electron chi connectivity index (χ1n) is 14.0. The number of methoxy groups -OCH3 is 1. The van der Waals surface area contributed by atoms with E-state index in [1.807, 2.05) is 53.8 Å². The molecule has 0 aliphatic carbocycles. The molecule has 1 aliphatic rings. The highest BCUT2D eigenvalue weighted by Crippen LogP contribution is 2.38. The number of halogens is 3. The van der Waals surface area contributed by atoms with Gasteiger partial charge in [0.1, 0.15) is 11.4 Å². The van der Waals surface area contributed by atoms with Crippen LogP contribution in [0.25, 0.3) is 5.70 Å². The second-order valence-electron chi connectivity index (χ2n) is 11.1. The summed E-state index contributed by atoms with van der Waals surface area (Å²) in [5.74, 6) is -0.462. The molecule has 1 fully saturated rings. The Morgan fingerprint density at radius 1 is 1.15 bits per heavy atom. The van der Waals surface area contributed by atoms with E-state index in [4.69, 9.17) is 19.2 Å². The number of alkyl halides is 3. The molecule has 0 N–H and O–H groups in total. The summed E-state index contributed by atoms with van der Waals surface area (Å²) in [6, 6.07) is 4.13. The molecule has 0 spiro atoms. The second kappa shape index (κ2) is 15.3. The number of esters is 1. The first-order chi connectivity index (χ1) is 18.7. The Kier molecular flexibility index (Phi) is 12.7. The quantitative estimate of drug-likeness (QED) is 0.138. The van der Waals surface area contributed by atoms with Crippen molar-refractivity contribution in [3.05, 3.63) is 47.2 Å². The van der Waals surface area contributed by atoms with Crippen molar-refractivity contribution in [3.8, 4) is 5.75 Å². The summed E-state index contributed by atoms with van der Waals surface area (Å²) in [6.45, 7) is 12.8. The number of carbonyl (C=O) groups is 1. The zero-order valence-electron chi connectivity index (χ0n) is 25.0. The summed E-state index contributed by atoms with van der Waals surface area (Å²) in [7, 11) is 1.58. The Morgan fingerprint density at radius 2 is 1.85 bits per heavy atom. The van der Waals surface area contributed by atoms with E-state index in [9.17, 15) is 18.0 Å². The van der Waals surface area contributed by atoms with E-state index in [1.165, 1.54) is 6.07 Å². The summed E-state index contributed by atoms with van der Waals surface area (Å²) in [4.78, 5) is 19.2. The van der Waals surface area contributed by atoms with E-state index in [-0.39, 0.29) is 30.8 Å². The van der Waals surface area contributed by atoms with Crippen LogP contribution in [0.4, 0.5) is 13.2 Å². The Bertz CT molecular complexity index is 1070. The summed E-state index contributed by atoms with van der Waals surface area (Å²) >= 11 is 0. The first-order valence-corrected chi connectivity index (χ1v) is 14.0. The van der Waals surface area contributed by atoms with Crippen LogP contribution in [0.2, 0.25) is 0 Å². The van der Waals surface area contributed by atoms with Gasteiger partial charge in [0.2, 0.25) is 0 Å². The van der Waals surface area contributed by atoms with E-state index in [1.54, 1.807) is 13.2 Å². The Balaban J connectivity index is 2.26. The third-order valence-electron chi connectivity index (χ3n) is 6.28. The van der Waals surface area contributed by atoms with Crippen molar-refractivity contribution in [1.29, 1.82) is 0 Å². The maximum absolute atomic E-state index is 14.0. The number of carbonyl (C=O) groups excluding carboxylic acids is 1. The number of allylic oxidation sites excluding steroid dienone is 1. The molecule has 2 rings (SSSR count). The molecule has 1 atom stereocenters. The highest BCUT2D eigenvalue weighted by molar-refractivity contribution is 5.92. The largest absolute Gasteiger partial charge is 0.493 e. The van der Waals surface area contributed by atoms with Crippen LogP contribution in [0.1, 0.15) is 91.2 Å². The van der Waals surface area contributed by atoms with Crippen LogP contribution in [0.15, 0.2) is 41.0 Å². The molecule has 1 saturated heterocycles. The van der Waals surface area contributed by atoms with Gasteiger partial charge in [-0.1, -0.05) is 13.0 Å². The molecule has 1 unspecified atom stereocenters.